The summed E-state index contributed by atoms with van der Waals surface area (Å²) in [5, 5.41) is 15.8. The van der Waals surface area contributed by atoms with Gasteiger partial charge in [-0.25, -0.2) is 13.2 Å². The highest BCUT2D eigenvalue weighted by Gasteiger charge is 2.44. The molecule has 0 radical (unpaired) electrons. The zero-order valence-corrected chi connectivity index (χ0v) is 31.2. The van der Waals surface area contributed by atoms with Crippen LogP contribution in [0.3, 0.4) is 0 Å². The molecule has 4 aromatic rings. The van der Waals surface area contributed by atoms with Crippen molar-refractivity contribution in [3.05, 3.63) is 101 Å². The van der Waals surface area contributed by atoms with E-state index in [1.54, 1.807) is 19.9 Å². The molecular formula is C38H45ClN6O6S. The van der Waals surface area contributed by atoms with Gasteiger partial charge >= 0.3 is 6.03 Å². The lowest BCUT2D eigenvalue weighted by Crippen LogP contribution is -2.57. The van der Waals surface area contributed by atoms with Crippen LogP contribution in [0.1, 0.15) is 39.0 Å². The van der Waals surface area contributed by atoms with Gasteiger partial charge < -0.3 is 21.1 Å². The number of hydrogen-bond donors (Lipinski definition) is 3. The Labute approximate surface area is 309 Å². The van der Waals surface area contributed by atoms with Crippen molar-refractivity contribution >= 4 is 56.1 Å². The van der Waals surface area contributed by atoms with E-state index in [0.29, 0.717) is 5.69 Å². The Morgan fingerprint density at radius 3 is 2.35 bits per heavy atom. The van der Waals surface area contributed by atoms with Gasteiger partial charge in [-0.1, -0.05) is 93.9 Å². The van der Waals surface area contributed by atoms with Gasteiger partial charge in [0.1, 0.15) is 12.6 Å². The number of fused-ring (bicyclic) bond motifs is 1. The summed E-state index contributed by atoms with van der Waals surface area (Å²) in [5.41, 5.74) is 8.08. The van der Waals surface area contributed by atoms with Crippen LogP contribution < -0.4 is 11.1 Å². The van der Waals surface area contributed by atoms with E-state index in [1.165, 1.54) is 27.4 Å². The number of rotatable bonds is 15. The molecule has 0 unspecified atom stereocenters. The van der Waals surface area contributed by atoms with Crippen LogP contribution in [-0.4, -0.2) is 88.3 Å². The fourth-order valence-electron chi connectivity index (χ4n) is 6.36. The number of benzene rings is 3. The molecule has 52 heavy (non-hydrogen) atoms. The van der Waals surface area contributed by atoms with Gasteiger partial charge in [0, 0.05) is 18.5 Å². The van der Waals surface area contributed by atoms with E-state index in [4.69, 9.17) is 17.3 Å². The molecule has 276 valence electrons. The first kappa shape index (κ1) is 38.7. The molecule has 12 nitrogen and oxygen atoms in total. The molecule has 4 amide bonds. The molecule has 1 aromatic heterocycles. The molecule has 0 spiro atoms. The number of hydrogen-bond acceptors (Lipinski definition) is 8. The summed E-state index contributed by atoms with van der Waals surface area (Å²) in [6.07, 6.45) is -1.21. The number of imide groups is 1. The van der Waals surface area contributed by atoms with E-state index in [2.05, 4.69) is 10.3 Å². The quantitative estimate of drug-likeness (QED) is 0.116. The molecule has 0 saturated carbocycles. The number of amides is 4. The summed E-state index contributed by atoms with van der Waals surface area (Å²) in [6.45, 7) is 6.62. The number of aliphatic hydroxyl groups is 1. The third-order valence-corrected chi connectivity index (χ3v) is 11.1. The Balaban J connectivity index is 1.38. The molecule has 1 aliphatic rings. The Kier molecular flexibility index (Phi) is 12.2. The van der Waals surface area contributed by atoms with E-state index in [-0.39, 0.29) is 54.1 Å². The first-order valence-corrected chi connectivity index (χ1v) is 19.0. The maximum Gasteiger partial charge on any atom is 0.328 e. The van der Waals surface area contributed by atoms with Crippen LogP contribution in [0, 0.1) is 11.8 Å². The summed E-state index contributed by atoms with van der Waals surface area (Å²) in [6, 6.07) is 21.7. The third kappa shape index (κ3) is 8.90. The molecule has 1 fully saturated rings. The zero-order chi connectivity index (χ0) is 37.7. The highest BCUT2D eigenvalue weighted by molar-refractivity contribution is 7.89. The first-order chi connectivity index (χ1) is 24.6. The van der Waals surface area contributed by atoms with Crippen LogP contribution in [0.25, 0.3) is 10.9 Å². The van der Waals surface area contributed by atoms with E-state index in [1.807, 2.05) is 74.5 Å². The lowest BCUT2D eigenvalue weighted by atomic mass is 9.97. The molecule has 0 bridgehead atoms. The van der Waals surface area contributed by atoms with Gasteiger partial charge in [-0.3, -0.25) is 19.5 Å². The molecule has 3 atom stereocenters. The number of nitrogens with two attached hydrogens (primary N) is 1. The Bertz CT molecular complexity index is 2030. The number of urea groups is 1. The molecular weight excluding hydrogens is 704 g/mol. The number of nitrogen functional groups attached to an aromatic ring is 1. The summed E-state index contributed by atoms with van der Waals surface area (Å²) >= 11 is 6.06. The number of sulfonamides is 1. The van der Waals surface area contributed by atoms with Crippen LogP contribution >= 0.6 is 11.6 Å². The molecule has 14 heteroatoms. The van der Waals surface area contributed by atoms with Gasteiger partial charge in [0.2, 0.25) is 15.9 Å². The van der Waals surface area contributed by atoms with Gasteiger partial charge in [0.05, 0.1) is 45.5 Å². The fraction of sp³-hybridized carbons (Fsp3) is 0.368. The van der Waals surface area contributed by atoms with Crippen molar-refractivity contribution in [3.8, 4) is 0 Å². The van der Waals surface area contributed by atoms with Crippen LogP contribution in [-0.2, 0) is 32.6 Å². The minimum absolute atomic E-state index is 0.0553. The average Bonchev–Trinajstić information content (AvgIpc) is 3.36. The number of nitrogens with one attached hydrogen (secondary N) is 1. The van der Waals surface area contributed by atoms with Crippen LogP contribution in [0.2, 0.25) is 5.02 Å². The summed E-state index contributed by atoms with van der Waals surface area (Å²) in [7, 11) is -4.14. The van der Waals surface area contributed by atoms with Crippen molar-refractivity contribution in [1.82, 2.24) is 24.4 Å². The molecule has 5 rings (SSSR count). The Morgan fingerprint density at radius 1 is 0.981 bits per heavy atom. The highest BCUT2D eigenvalue weighted by Crippen LogP contribution is 2.27. The number of para-hydroxylation sites is 1. The number of anilines is 1. The second-order valence-electron chi connectivity index (χ2n) is 13.8. The maximum atomic E-state index is 14.2. The van der Waals surface area contributed by atoms with E-state index < -0.39 is 52.0 Å². The van der Waals surface area contributed by atoms with Crippen molar-refractivity contribution in [2.45, 2.75) is 63.7 Å². The SMILES string of the molecule is CC(C)CN(C[C@@H](O)[C@H](Cc1ccccc1)NC(=O)[C@H](C(C)C)N1CC(=O)N(Cc2ccc3ccccc3n2)C1=O)S(=O)(=O)c1ccc(Cl)c(N)c1. The second kappa shape index (κ2) is 16.4. The number of carbonyl (C=O) groups excluding carboxylic acids is 3. The zero-order valence-electron chi connectivity index (χ0n) is 29.6. The Hall–Kier alpha value is -4.56. The summed E-state index contributed by atoms with van der Waals surface area (Å²) < 4.78 is 28.9. The molecule has 1 aliphatic heterocycles. The van der Waals surface area contributed by atoms with Crippen molar-refractivity contribution in [2.24, 2.45) is 11.8 Å². The predicted molar refractivity (Wildman–Crippen MR) is 201 cm³/mol. The molecule has 3 aromatic carbocycles. The lowest BCUT2D eigenvalue weighted by molar-refractivity contribution is -0.129. The normalized spacial score (nSPS) is 15.6. The van der Waals surface area contributed by atoms with Gasteiger partial charge in [-0.2, -0.15) is 4.31 Å². The van der Waals surface area contributed by atoms with Crippen LogP contribution in [0.4, 0.5) is 10.5 Å². The van der Waals surface area contributed by atoms with Crippen molar-refractivity contribution in [1.29, 1.82) is 0 Å². The van der Waals surface area contributed by atoms with Gasteiger partial charge in [0.25, 0.3) is 5.91 Å². The first-order valence-electron chi connectivity index (χ1n) is 17.2. The number of aromatic nitrogens is 1. The number of aliphatic hydroxyl groups excluding tert-OH is 1. The minimum atomic E-state index is -4.14. The van der Waals surface area contributed by atoms with E-state index in [0.717, 1.165) is 21.4 Å². The molecule has 2 heterocycles. The molecule has 1 saturated heterocycles. The monoisotopic (exact) mass is 748 g/mol. The van der Waals surface area contributed by atoms with E-state index in [9.17, 15) is 27.9 Å². The standard InChI is InChI=1S/C38H45ClN6O6S/c1-24(2)20-43(52(50,51)29-16-17-30(39)31(40)19-29)22-34(46)33(18-26-10-6-5-7-11-26)42-37(48)36(25(3)4)45-23-35(47)44(38(45)49)21-28-15-14-27-12-8-9-13-32(27)41-28/h5-17,19,24-25,33-34,36,46H,18,20-23,40H2,1-4H3,(H,42,48)/t33-,34+,36-/m0/s1. The molecule has 0 aliphatic carbocycles. The highest BCUT2D eigenvalue weighted by atomic mass is 35.5. The van der Waals surface area contributed by atoms with Gasteiger partial charge in [0.15, 0.2) is 0 Å². The number of pyridine rings is 1. The van der Waals surface area contributed by atoms with Crippen molar-refractivity contribution in [2.75, 3.05) is 25.4 Å². The Morgan fingerprint density at radius 2 is 1.67 bits per heavy atom. The number of halogens is 1. The van der Waals surface area contributed by atoms with Crippen molar-refractivity contribution < 1.29 is 27.9 Å². The van der Waals surface area contributed by atoms with E-state index >= 15 is 0 Å². The molecule has 4 N–H and O–H groups in total. The topological polar surface area (TPSA) is 166 Å². The predicted octanol–water partition coefficient (Wildman–Crippen LogP) is 4.69. The largest absolute Gasteiger partial charge is 0.397 e. The number of nitrogens with zero attached hydrogens (tertiary/aromatic N) is 4. The average molecular weight is 749 g/mol. The smallest absolute Gasteiger partial charge is 0.328 e. The van der Waals surface area contributed by atoms with Gasteiger partial charge in [-0.15, -0.1) is 0 Å². The lowest BCUT2D eigenvalue weighted by Gasteiger charge is -2.34. The van der Waals surface area contributed by atoms with Crippen LogP contribution in [0.5, 0.6) is 0 Å². The van der Waals surface area contributed by atoms with Crippen LogP contribution in [0.15, 0.2) is 89.8 Å². The summed E-state index contributed by atoms with van der Waals surface area (Å²) in [4.78, 5) is 48.0. The fourth-order valence-corrected chi connectivity index (χ4v) is 8.14. The maximum absolute atomic E-state index is 14.2. The van der Waals surface area contributed by atoms with Crippen molar-refractivity contribution in [3.63, 3.8) is 0 Å². The van der Waals surface area contributed by atoms with Gasteiger partial charge in [-0.05, 0) is 54.2 Å². The summed E-state index contributed by atoms with van der Waals surface area (Å²) in [5.74, 6) is -1.56. The minimum Gasteiger partial charge on any atom is -0.397 e. The second-order valence-corrected chi connectivity index (χ2v) is 16.2. The number of carbonyl (C=O) groups is 3. The third-order valence-electron chi connectivity index (χ3n) is 8.95.